The number of carbonyl (C=O) groups excluding carboxylic acids is 2. The zero-order chi connectivity index (χ0) is 18.4. The van der Waals surface area contributed by atoms with Crippen molar-refractivity contribution in [3.05, 3.63) is 41.2 Å². The predicted octanol–water partition coefficient (Wildman–Crippen LogP) is 1.07. The molecule has 8 heteroatoms. The molecule has 1 aliphatic heterocycles. The van der Waals surface area contributed by atoms with Gasteiger partial charge in [-0.1, -0.05) is 30.7 Å². The van der Waals surface area contributed by atoms with Crippen LogP contribution >= 0.6 is 0 Å². The molecule has 3 rings (SSSR count). The summed E-state index contributed by atoms with van der Waals surface area (Å²) in [5, 5.41) is 13.4. The van der Waals surface area contributed by atoms with E-state index in [0.29, 0.717) is 37.6 Å². The maximum Gasteiger partial charge on any atom is 0.253 e. The van der Waals surface area contributed by atoms with Gasteiger partial charge in [-0.3, -0.25) is 9.59 Å². The second-order valence-corrected chi connectivity index (χ2v) is 6.48. The van der Waals surface area contributed by atoms with Crippen molar-refractivity contribution in [2.45, 2.75) is 32.6 Å². The molecule has 0 saturated carbocycles. The highest BCUT2D eigenvalue weighted by molar-refractivity contribution is 5.94. The molecule has 2 amide bonds. The number of hydrogen-bond acceptors (Lipinski definition) is 5. The Morgan fingerprint density at radius 2 is 1.77 bits per heavy atom. The first-order valence-electron chi connectivity index (χ1n) is 9.05. The molecule has 0 unspecified atom stereocenters. The molecule has 26 heavy (non-hydrogen) atoms. The Labute approximate surface area is 152 Å². The Balaban J connectivity index is 1.50. The number of aryl methyl sites for hydroxylation is 1. The molecular formula is C18H24N6O2. The number of nitrogens with one attached hydrogen (secondary N) is 1. The fraction of sp³-hybridized carbons (Fsp3) is 0.500. The number of aromatic amines is 1. The number of amides is 2. The molecule has 0 atom stereocenters. The summed E-state index contributed by atoms with van der Waals surface area (Å²) >= 11 is 0. The number of unbranched alkanes of at least 4 members (excludes halogenated alkanes) is 1. The summed E-state index contributed by atoms with van der Waals surface area (Å²) < 4.78 is 0. The third-order valence-corrected chi connectivity index (χ3v) is 4.64. The molecule has 1 aromatic carbocycles. The molecular weight excluding hydrogens is 332 g/mol. The average molecular weight is 356 g/mol. The Hall–Kier alpha value is -2.77. The topological polar surface area (TPSA) is 95.1 Å². The lowest BCUT2D eigenvalue weighted by Gasteiger charge is -2.34. The summed E-state index contributed by atoms with van der Waals surface area (Å²) in [6, 6.07) is 7.88. The Bertz CT molecular complexity index is 721. The van der Waals surface area contributed by atoms with Gasteiger partial charge in [0.25, 0.3) is 5.91 Å². The molecule has 138 valence electrons. The number of piperazine rings is 1. The zero-order valence-corrected chi connectivity index (χ0v) is 15.0. The van der Waals surface area contributed by atoms with Gasteiger partial charge >= 0.3 is 0 Å². The summed E-state index contributed by atoms with van der Waals surface area (Å²) in [6.07, 6.45) is 3.50. The molecule has 0 radical (unpaired) electrons. The van der Waals surface area contributed by atoms with Gasteiger partial charge in [-0.2, -0.15) is 5.21 Å². The first kappa shape index (κ1) is 18.0. The van der Waals surface area contributed by atoms with Crippen LogP contribution < -0.4 is 0 Å². The Kier molecular flexibility index (Phi) is 5.93. The number of tetrazole rings is 1. The maximum absolute atomic E-state index is 12.6. The molecule has 0 spiro atoms. The first-order valence-corrected chi connectivity index (χ1v) is 9.05. The highest BCUT2D eigenvalue weighted by Crippen LogP contribution is 2.12. The lowest BCUT2D eigenvalue weighted by atomic mass is 10.1. The number of hydrogen-bond donors (Lipinski definition) is 1. The molecule has 2 aromatic rings. The van der Waals surface area contributed by atoms with E-state index in [1.54, 1.807) is 9.80 Å². The minimum atomic E-state index is -0.0428. The monoisotopic (exact) mass is 356 g/mol. The fourth-order valence-electron chi connectivity index (χ4n) is 3.04. The van der Waals surface area contributed by atoms with Gasteiger partial charge in [-0.05, 0) is 30.5 Å². The van der Waals surface area contributed by atoms with Crippen molar-refractivity contribution in [2.75, 3.05) is 26.2 Å². The van der Waals surface area contributed by atoms with Gasteiger partial charge in [0.15, 0.2) is 5.82 Å². The number of aromatic nitrogens is 4. The van der Waals surface area contributed by atoms with E-state index in [0.717, 1.165) is 19.3 Å². The van der Waals surface area contributed by atoms with Gasteiger partial charge in [-0.25, -0.2) is 0 Å². The summed E-state index contributed by atoms with van der Waals surface area (Å²) in [6.45, 7) is 4.29. The normalized spacial score (nSPS) is 14.5. The van der Waals surface area contributed by atoms with Crippen molar-refractivity contribution < 1.29 is 9.59 Å². The Morgan fingerprint density at radius 1 is 1.08 bits per heavy atom. The Morgan fingerprint density at radius 3 is 2.38 bits per heavy atom. The maximum atomic E-state index is 12.6. The highest BCUT2D eigenvalue weighted by atomic mass is 16.2. The van der Waals surface area contributed by atoms with Crippen LogP contribution in [0.3, 0.4) is 0 Å². The third-order valence-electron chi connectivity index (χ3n) is 4.64. The minimum Gasteiger partial charge on any atom is -0.339 e. The van der Waals surface area contributed by atoms with E-state index in [1.807, 2.05) is 24.3 Å². The molecule has 8 nitrogen and oxygen atoms in total. The molecule has 0 aliphatic carbocycles. The molecule has 0 bridgehead atoms. The highest BCUT2D eigenvalue weighted by Gasteiger charge is 2.25. The molecule has 1 saturated heterocycles. The van der Waals surface area contributed by atoms with Crippen molar-refractivity contribution in [1.82, 2.24) is 30.4 Å². The van der Waals surface area contributed by atoms with Crippen LogP contribution in [0.15, 0.2) is 24.3 Å². The van der Waals surface area contributed by atoms with Gasteiger partial charge in [0.2, 0.25) is 5.91 Å². The number of H-pyrrole nitrogens is 1. The number of benzene rings is 1. The lowest BCUT2D eigenvalue weighted by molar-refractivity contribution is -0.132. The molecule has 2 heterocycles. The van der Waals surface area contributed by atoms with Crippen LogP contribution in [-0.4, -0.2) is 68.4 Å². The molecule has 1 aromatic heterocycles. The average Bonchev–Trinajstić information content (AvgIpc) is 3.19. The summed E-state index contributed by atoms with van der Waals surface area (Å²) in [5.41, 5.74) is 1.97. The second kappa shape index (κ2) is 8.55. The summed E-state index contributed by atoms with van der Waals surface area (Å²) in [4.78, 5) is 28.4. The van der Waals surface area contributed by atoms with Gasteiger partial charge in [0, 0.05) is 31.7 Å². The van der Waals surface area contributed by atoms with Crippen molar-refractivity contribution in [3.63, 3.8) is 0 Å². The second-order valence-electron chi connectivity index (χ2n) is 6.48. The van der Waals surface area contributed by atoms with E-state index in [1.165, 1.54) is 5.56 Å². The van der Waals surface area contributed by atoms with Gasteiger partial charge in [-0.15, -0.1) is 10.2 Å². The summed E-state index contributed by atoms with van der Waals surface area (Å²) in [7, 11) is 0. The standard InChI is InChI=1S/C18H24N6O2/c1-2-3-4-14-5-7-15(8-6-14)18(26)24-11-9-23(10-12-24)17(25)13-16-19-21-22-20-16/h5-8H,2-4,9-13H2,1H3,(H,19,20,21,22). The van der Waals surface area contributed by atoms with E-state index >= 15 is 0 Å². The third kappa shape index (κ3) is 4.44. The smallest absolute Gasteiger partial charge is 0.253 e. The van der Waals surface area contributed by atoms with Crippen molar-refractivity contribution >= 4 is 11.8 Å². The minimum absolute atomic E-state index is 0.0253. The SMILES string of the molecule is CCCCc1ccc(C(=O)N2CCN(C(=O)Cc3nn[nH]n3)CC2)cc1. The van der Waals surface area contributed by atoms with E-state index in [2.05, 4.69) is 27.5 Å². The molecule has 1 aliphatic rings. The fourth-order valence-corrected chi connectivity index (χ4v) is 3.04. The van der Waals surface area contributed by atoms with Gasteiger partial charge < -0.3 is 9.80 Å². The molecule has 1 fully saturated rings. The first-order chi connectivity index (χ1) is 12.7. The van der Waals surface area contributed by atoms with Crippen LogP contribution in [0, 0.1) is 0 Å². The van der Waals surface area contributed by atoms with E-state index in [-0.39, 0.29) is 18.2 Å². The van der Waals surface area contributed by atoms with Crippen molar-refractivity contribution in [2.24, 2.45) is 0 Å². The lowest BCUT2D eigenvalue weighted by Crippen LogP contribution is -2.51. The van der Waals surface area contributed by atoms with E-state index in [9.17, 15) is 9.59 Å². The van der Waals surface area contributed by atoms with E-state index in [4.69, 9.17) is 0 Å². The van der Waals surface area contributed by atoms with Gasteiger partial charge in [0.1, 0.15) is 0 Å². The van der Waals surface area contributed by atoms with Crippen LogP contribution in [0.5, 0.6) is 0 Å². The van der Waals surface area contributed by atoms with Crippen molar-refractivity contribution in [1.29, 1.82) is 0 Å². The van der Waals surface area contributed by atoms with Crippen LogP contribution in [0.25, 0.3) is 0 Å². The van der Waals surface area contributed by atoms with Crippen LogP contribution in [0.4, 0.5) is 0 Å². The number of nitrogens with zero attached hydrogens (tertiary/aromatic N) is 5. The predicted molar refractivity (Wildman–Crippen MR) is 95.4 cm³/mol. The summed E-state index contributed by atoms with van der Waals surface area (Å²) in [5.74, 6) is 0.368. The number of rotatable bonds is 6. The van der Waals surface area contributed by atoms with E-state index < -0.39 is 0 Å². The molecule has 1 N–H and O–H groups in total. The van der Waals surface area contributed by atoms with Crippen LogP contribution in [0.2, 0.25) is 0 Å². The van der Waals surface area contributed by atoms with Gasteiger partial charge in [0.05, 0.1) is 6.42 Å². The van der Waals surface area contributed by atoms with Crippen molar-refractivity contribution in [3.8, 4) is 0 Å². The number of carbonyl (C=O) groups is 2. The largest absolute Gasteiger partial charge is 0.339 e. The van der Waals surface area contributed by atoms with Crippen LogP contribution in [0.1, 0.15) is 41.5 Å². The quantitative estimate of drug-likeness (QED) is 0.835. The van der Waals surface area contributed by atoms with Crippen LogP contribution in [-0.2, 0) is 17.6 Å². The zero-order valence-electron chi connectivity index (χ0n) is 15.0.